The van der Waals surface area contributed by atoms with Crippen molar-refractivity contribution < 1.29 is 9.90 Å². The fraction of sp³-hybridized carbons (Fsp3) is 0.200. The molecule has 0 amide bonds. The number of hydrogen-bond donors (Lipinski definition) is 2. The van der Waals surface area contributed by atoms with E-state index in [9.17, 15) is 4.79 Å². The van der Waals surface area contributed by atoms with E-state index in [1.54, 1.807) is 7.05 Å². The Hall–Kier alpha value is -1.57. The van der Waals surface area contributed by atoms with E-state index in [0.717, 1.165) is 0 Å². The van der Waals surface area contributed by atoms with Crippen molar-refractivity contribution in [2.45, 2.75) is 0 Å². The topological polar surface area (TPSA) is 62.2 Å². The first kappa shape index (κ1) is 11.5. The molecule has 0 unspecified atom stereocenters. The molecule has 78 valence electrons. The number of nitrogens with zero attached hydrogens (tertiary/aromatic N) is 1. The van der Waals surface area contributed by atoms with Gasteiger partial charge in [0.2, 0.25) is 0 Å². The minimum absolute atomic E-state index is 0.0262. The van der Waals surface area contributed by atoms with Gasteiger partial charge in [-0.1, -0.05) is 23.4 Å². The van der Waals surface area contributed by atoms with Crippen LogP contribution in [0, 0.1) is 11.8 Å². The maximum Gasteiger partial charge on any atom is 0.338 e. The average molecular weight is 225 g/mol. The van der Waals surface area contributed by atoms with E-state index < -0.39 is 5.97 Å². The van der Waals surface area contributed by atoms with Gasteiger partial charge in [0.15, 0.2) is 0 Å². The molecule has 0 bridgehead atoms. The number of aromatic carboxylic acids is 1. The van der Waals surface area contributed by atoms with Gasteiger partial charge >= 0.3 is 5.97 Å². The quantitative estimate of drug-likeness (QED) is 0.581. The molecule has 0 radical (unpaired) electrons. The van der Waals surface area contributed by atoms with Gasteiger partial charge in [0.25, 0.3) is 0 Å². The van der Waals surface area contributed by atoms with E-state index in [1.165, 1.54) is 12.3 Å². The van der Waals surface area contributed by atoms with Crippen LogP contribution in [0.1, 0.15) is 15.9 Å². The van der Waals surface area contributed by atoms with Gasteiger partial charge in [-0.2, -0.15) is 0 Å². The molecule has 0 spiro atoms. The maximum atomic E-state index is 10.7. The summed E-state index contributed by atoms with van der Waals surface area (Å²) >= 11 is 5.60. The Morgan fingerprint density at radius 3 is 3.07 bits per heavy atom. The Morgan fingerprint density at radius 2 is 2.47 bits per heavy atom. The first-order valence-corrected chi connectivity index (χ1v) is 4.55. The molecule has 0 saturated heterocycles. The summed E-state index contributed by atoms with van der Waals surface area (Å²) in [6, 6.07) is 1.40. The fourth-order valence-corrected chi connectivity index (χ4v) is 1.09. The molecule has 1 aromatic heterocycles. The summed E-state index contributed by atoms with van der Waals surface area (Å²) in [5, 5.41) is 11.6. The Balaban J connectivity index is 2.99. The number of nitrogens with one attached hydrogen (secondary N) is 1. The summed E-state index contributed by atoms with van der Waals surface area (Å²) in [5.41, 5.74) is 0.500. The molecule has 0 aliphatic carbocycles. The van der Waals surface area contributed by atoms with E-state index in [4.69, 9.17) is 16.7 Å². The first-order valence-electron chi connectivity index (χ1n) is 4.17. The van der Waals surface area contributed by atoms with Crippen LogP contribution in [0.25, 0.3) is 0 Å². The molecule has 0 atom stereocenters. The SMILES string of the molecule is CNCC#Cc1cnc(Cl)c(C(=O)O)c1. The van der Waals surface area contributed by atoms with E-state index in [2.05, 4.69) is 22.1 Å². The van der Waals surface area contributed by atoms with Crippen LogP contribution < -0.4 is 5.32 Å². The predicted octanol–water partition coefficient (Wildman–Crippen LogP) is 1.00. The van der Waals surface area contributed by atoms with E-state index in [0.29, 0.717) is 12.1 Å². The van der Waals surface area contributed by atoms with Crippen LogP contribution in [0.4, 0.5) is 0 Å². The number of carbonyl (C=O) groups is 1. The summed E-state index contributed by atoms with van der Waals surface area (Å²) in [5.74, 6) is 4.46. The molecule has 1 rings (SSSR count). The Kier molecular flexibility index (Phi) is 4.10. The second kappa shape index (κ2) is 5.35. The summed E-state index contributed by atoms with van der Waals surface area (Å²) in [4.78, 5) is 14.5. The van der Waals surface area contributed by atoms with Gasteiger partial charge in [0, 0.05) is 11.8 Å². The zero-order valence-corrected chi connectivity index (χ0v) is 8.80. The number of hydrogen-bond acceptors (Lipinski definition) is 3. The maximum absolute atomic E-state index is 10.7. The Morgan fingerprint density at radius 1 is 1.73 bits per heavy atom. The monoisotopic (exact) mass is 224 g/mol. The number of carboxylic acids is 1. The largest absolute Gasteiger partial charge is 0.478 e. The van der Waals surface area contributed by atoms with Gasteiger partial charge < -0.3 is 10.4 Å². The minimum Gasteiger partial charge on any atom is -0.478 e. The van der Waals surface area contributed by atoms with Crippen LogP contribution in [0.15, 0.2) is 12.3 Å². The first-order chi connectivity index (χ1) is 7.15. The molecular weight excluding hydrogens is 216 g/mol. The molecule has 4 nitrogen and oxygen atoms in total. The van der Waals surface area contributed by atoms with Gasteiger partial charge in [-0.05, 0) is 13.1 Å². The van der Waals surface area contributed by atoms with Crippen LogP contribution >= 0.6 is 11.6 Å². The normalized spacial score (nSPS) is 9.20. The van der Waals surface area contributed by atoms with Gasteiger partial charge in [-0.15, -0.1) is 0 Å². The predicted molar refractivity (Wildman–Crippen MR) is 57.0 cm³/mol. The van der Waals surface area contributed by atoms with E-state index in [-0.39, 0.29) is 10.7 Å². The third-order valence-corrected chi connectivity index (χ3v) is 1.87. The van der Waals surface area contributed by atoms with E-state index in [1.807, 2.05) is 0 Å². The van der Waals surface area contributed by atoms with Crippen molar-refractivity contribution in [2.24, 2.45) is 0 Å². The lowest BCUT2D eigenvalue weighted by Gasteiger charge is -1.97. The second-order valence-corrected chi connectivity index (χ2v) is 3.06. The van der Waals surface area contributed by atoms with Crippen molar-refractivity contribution in [2.75, 3.05) is 13.6 Å². The lowest BCUT2D eigenvalue weighted by Crippen LogP contribution is -2.04. The smallest absolute Gasteiger partial charge is 0.338 e. The summed E-state index contributed by atoms with van der Waals surface area (Å²) < 4.78 is 0. The highest BCUT2D eigenvalue weighted by molar-refractivity contribution is 6.32. The molecule has 0 fully saturated rings. The molecule has 15 heavy (non-hydrogen) atoms. The van der Waals surface area contributed by atoms with Crippen LogP contribution in [-0.2, 0) is 0 Å². The zero-order valence-electron chi connectivity index (χ0n) is 8.04. The van der Waals surface area contributed by atoms with Gasteiger partial charge in [-0.3, -0.25) is 0 Å². The zero-order chi connectivity index (χ0) is 11.3. The molecular formula is C10H9ClN2O2. The van der Waals surface area contributed by atoms with Crippen molar-refractivity contribution in [1.82, 2.24) is 10.3 Å². The number of halogens is 1. The Bertz CT molecular complexity index is 435. The average Bonchev–Trinajstić information content (AvgIpc) is 2.20. The van der Waals surface area contributed by atoms with Crippen molar-refractivity contribution in [1.29, 1.82) is 0 Å². The standard InChI is InChI=1S/C10H9ClN2O2/c1-12-4-2-3-7-5-8(10(14)15)9(11)13-6-7/h5-6,12H,4H2,1H3,(H,14,15). The summed E-state index contributed by atoms with van der Waals surface area (Å²) in [6.07, 6.45) is 1.44. The lowest BCUT2D eigenvalue weighted by atomic mass is 10.2. The Labute approximate surface area is 92.3 Å². The highest BCUT2D eigenvalue weighted by Crippen LogP contribution is 2.13. The number of aromatic nitrogens is 1. The van der Waals surface area contributed by atoms with Crippen molar-refractivity contribution in [3.05, 3.63) is 28.5 Å². The van der Waals surface area contributed by atoms with Gasteiger partial charge in [0.1, 0.15) is 5.15 Å². The summed E-state index contributed by atoms with van der Waals surface area (Å²) in [7, 11) is 1.78. The third-order valence-electron chi connectivity index (χ3n) is 1.57. The number of pyridine rings is 1. The van der Waals surface area contributed by atoms with Crippen molar-refractivity contribution >= 4 is 17.6 Å². The molecule has 1 aromatic rings. The molecule has 0 aliphatic rings. The number of rotatable bonds is 2. The van der Waals surface area contributed by atoms with Gasteiger partial charge in [-0.25, -0.2) is 9.78 Å². The molecule has 2 N–H and O–H groups in total. The van der Waals surface area contributed by atoms with E-state index >= 15 is 0 Å². The van der Waals surface area contributed by atoms with Crippen LogP contribution in [0.5, 0.6) is 0 Å². The van der Waals surface area contributed by atoms with Gasteiger partial charge in [0.05, 0.1) is 12.1 Å². The lowest BCUT2D eigenvalue weighted by molar-refractivity contribution is 0.0696. The molecule has 0 aliphatic heterocycles. The number of carboxylic acid groups (broad SMARTS) is 1. The molecule has 1 heterocycles. The van der Waals surface area contributed by atoms with Crippen LogP contribution in [-0.4, -0.2) is 29.7 Å². The molecule has 0 saturated carbocycles. The van der Waals surface area contributed by atoms with Crippen molar-refractivity contribution in [3.63, 3.8) is 0 Å². The summed E-state index contributed by atoms with van der Waals surface area (Å²) in [6.45, 7) is 0.533. The minimum atomic E-state index is -1.11. The van der Waals surface area contributed by atoms with Crippen molar-refractivity contribution in [3.8, 4) is 11.8 Å². The van der Waals surface area contributed by atoms with Crippen LogP contribution in [0.3, 0.4) is 0 Å². The molecule has 5 heteroatoms. The second-order valence-electron chi connectivity index (χ2n) is 2.70. The third kappa shape index (κ3) is 3.24. The van der Waals surface area contributed by atoms with Crippen LogP contribution in [0.2, 0.25) is 5.15 Å². The highest BCUT2D eigenvalue weighted by atomic mass is 35.5. The molecule has 0 aromatic carbocycles. The highest BCUT2D eigenvalue weighted by Gasteiger charge is 2.09. The fourth-order valence-electron chi connectivity index (χ4n) is 0.901.